The smallest absolute Gasteiger partial charge is 0.257 e. The first kappa shape index (κ1) is 13.7. The molecule has 5 heteroatoms. The van der Waals surface area contributed by atoms with Crippen LogP contribution in [0.3, 0.4) is 0 Å². The van der Waals surface area contributed by atoms with Crippen molar-refractivity contribution in [3.63, 3.8) is 0 Å². The SMILES string of the molecule is CN(CCN1CCCC1)C(=O)c1cccc(N)c1O. The topological polar surface area (TPSA) is 69.8 Å². The van der Waals surface area contributed by atoms with Gasteiger partial charge in [-0.25, -0.2) is 0 Å². The fourth-order valence-electron chi connectivity index (χ4n) is 2.34. The summed E-state index contributed by atoms with van der Waals surface area (Å²) in [7, 11) is 1.75. The number of anilines is 1. The molecule has 0 spiro atoms. The van der Waals surface area contributed by atoms with Gasteiger partial charge in [-0.1, -0.05) is 6.07 Å². The van der Waals surface area contributed by atoms with Gasteiger partial charge in [0.15, 0.2) is 5.75 Å². The number of aromatic hydroxyl groups is 1. The highest BCUT2D eigenvalue weighted by Gasteiger charge is 2.18. The number of likely N-dealkylation sites (tertiary alicyclic amines) is 1. The van der Waals surface area contributed by atoms with Gasteiger partial charge in [0.2, 0.25) is 0 Å². The van der Waals surface area contributed by atoms with Crippen LogP contribution in [0.5, 0.6) is 5.75 Å². The molecule has 1 aromatic rings. The Labute approximate surface area is 113 Å². The molecule has 1 aliphatic rings. The summed E-state index contributed by atoms with van der Waals surface area (Å²) in [6.45, 7) is 3.77. The molecule has 1 saturated heterocycles. The minimum absolute atomic E-state index is 0.125. The van der Waals surface area contributed by atoms with E-state index in [0.29, 0.717) is 6.54 Å². The van der Waals surface area contributed by atoms with Crippen LogP contribution in [0, 0.1) is 0 Å². The van der Waals surface area contributed by atoms with Gasteiger partial charge < -0.3 is 20.6 Å². The average molecular weight is 263 g/mol. The molecule has 0 aromatic heterocycles. The van der Waals surface area contributed by atoms with E-state index in [4.69, 9.17) is 5.73 Å². The van der Waals surface area contributed by atoms with E-state index in [9.17, 15) is 9.90 Å². The van der Waals surface area contributed by atoms with Crippen LogP contribution in [0.2, 0.25) is 0 Å². The van der Waals surface area contributed by atoms with E-state index in [1.807, 2.05) is 0 Å². The molecule has 0 aliphatic carbocycles. The molecule has 0 atom stereocenters. The summed E-state index contributed by atoms with van der Waals surface area (Å²) >= 11 is 0. The molecular weight excluding hydrogens is 242 g/mol. The van der Waals surface area contributed by atoms with Gasteiger partial charge in [-0.2, -0.15) is 0 Å². The third-order valence-corrected chi connectivity index (χ3v) is 3.59. The second-order valence-electron chi connectivity index (χ2n) is 5.02. The molecule has 1 heterocycles. The number of rotatable bonds is 4. The van der Waals surface area contributed by atoms with Crippen LogP contribution < -0.4 is 5.73 Å². The fourth-order valence-corrected chi connectivity index (χ4v) is 2.34. The number of para-hydroxylation sites is 1. The lowest BCUT2D eigenvalue weighted by Crippen LogP contribution is -2.35. The Morgan fingerprint density at radius 2 is 2.11 bits per heavy atom. The predicted octanol–water partition coefficient (Wildman–Crippen LogP) is 1.14. The molecule has 19 heavy (non-hydrogen) atoms. The van der Waals surface area contributed by atoms with Crippen LogP contribution in [0.25, 0.3) is 0 Å². The number of hydrogen-bond acceptors (Lipinski definition) is 4. The monoisotopic (exact) mass is 263 g/mol. The van der Waals surface area contributed by atoms with Crippen molar-refractivity contribution in [1.29, 1.82) is 0 Å². The molecule has 1 amide bonds. The van der Waals surface area contributed by atoms with Crippen molar-refractivity contribution in [2.45, 2.75) is 12.8 Å². The maximum absolute atomic E-state index is 12.2. The summed E-state index contributed by atoms with van der Waals surface area (Å²) in [5, 5.41) is 9.81. The maximum atomic E-state index is 12.2. The molecule has 0 unspecified atom stereocenters. The molecule has 0 saturated carbocycles. The first-order chi connectivity index (χ1) is 9.09. The second kappa shape index (κ2) is 5.93. The summed E-state index contributed by atoms with van der Waals surface area (Å²) < 4.78 is 0. The Hall–Kier alpha value is -1.75. The molecule has 1 fully saturated rings. The summed E-state index contributed by atoms with van der Waals surface area (Å²) in [5.74, 6) is -0.315. The Kier molecular flexibility index (Phi) is 4.27. The largest absolute Gasteiger partial charge is 0.505 e. The zero-order valence-electron chi connectivity index (χ0n) is 11.3. The summed E-state index contributed by atoms with van der Waals surface area (Å²) in [5.41, 5.74) is 6.11. The Morgan fingerprint density at radius 1 is 1.42 bits per heavy atom. The number of likely N-dealkylation sites (N-methyl/N-ethyl adjacent to an activating group) is 1. The zero-order chi connectivity index (χ0) is 13.8. The van der Waals surface area contributed by atoms with E-state index < -0.39 is 0 Å². The number of phenolic OH excluding ortho intramolecular Hbond substituents is 1. The average Bonchev–Trinajstić information content (AvgIpc) is 2.91. The summed E-state index contributed by atoms with van der Waals surface area (Å²) in [6, 6.07) is 4.85. The molecule has 0 radical (unpaired) electrons. The molecule has 1 aliphatic heterocycles. The molecule has 1 aromatic carbocycles. The quantitative estimate of drug-likeness (QED) is 0.631. The summed E-state index contributed by atoms with van der Waals surface area (Å²) in [4.78, 5) is 16.2. The number of carbonyl (C=O) groups is 1. The molecule has 5 nitrogen and oxygen atoms in total. The van der Waals surface area contributed by atoms with Crippen molar-refractivity contribution in [1.82, 2.24) is 9.80 Å². The molecular formula is C14H21N3O2. The zero-order valence-corrected chi connectivity index (χ0v) is 11.3. The first-order valence-corrected chi connectivity index (χ1v) is 6.65. The van der Waals surface area contributed by atoms with Gasteiger partial charge in [-0.3, -0.25) is 4.79 Å². The second-order valence-corrected chi connectivity index (χ2v) is 5.02. The van der Waals surface area contributed by atoms with Crippen molar-refractivity contribution in [3.8, 4) is 5.75 Å². The minimum Gasteiger partial charge on any atom is -0.505 e. The molecule has 3 N–H and O–H groups in total. The van der Waals surface area contributed by atoms with Gasteiger partial charge in [-0.15, -0.1) is 0 Å². The first-order valence-electron chi connectivity index (χ1n) is 6.65. The van der Waals surface area contributed by atoms with Gasteiger partial charge in [0.25, 0.3) is 5.91 Å². The van der Waals surface area contributed by atoms with E-state index in [1.54, 1.807) is 30.1 Å². The summed E-state index contributed by atoms with van der Waals surface area (Å²) in [6.07, 6.45) is 2.49. The van der Waals surface area contributed by atoms with Gasteiger partial charge in [0.1, 0.15) is 0 Å². The van der Waals surface area contributed by atoms with Crippen molar-refractivity contribution >= 4 is 11.6 Å². The Morgan fingerprint density at radius 3 is 2.79 bits per heavy atom. The van der Waals surface area contributed by atoms with Crippen molar-refractivity contribution < 1.29 is 9.90 Å². The predicted molar refractivity (Wildman–Crippen MR) is 75.2 cm³/mol. The number of nitrogen functional groups attached to an aromatic ring is 1. The van der Waals surface area contributed by atoms with Gasteiger partial charge in [0.05, 0.1) is 11.3 Å². The van der Waals surface area contributed by atoms with E-state index in [0.717, 1.165) is 19.6 Å². The lowest BCUT2D eigenvalue weighted by Gasteiger charge is -2.22. The van der Waals surface area contributed by atoms with Crippen LogP contribution in [-0.2, 0) is 0 Å². The molecule has 0 bridgehead atoms. The van der Waals surface area contributed by atoms with Crippen molar-refractivity contribution in [2.24, 2.45) is 0 Å². The number of benzene rings is 1. The Balaban J connectivity index is 1.96. The van der Waals surface area contributed by atoms with Crippen LogP contribution in [-0.4, -0.2) is 54.0 Å². The van der Waals surface area contributed by atoms with Crippen molar-refractivity contribution in [2.75, 3.05) is 39.0 Å². The van der Waals surface area contributed by atoms with Gasteiger partial charge in [-0.05, 0) is 38.1 Å². The number of hydrogen-bond donors (Lipinski definition) is 2. The van der Waals surface area contributed by atoms with Crippen LogP contribution in [0.15, 0.2) is 18.2 Å². The van der Waals surface area contributed by atoms with Crippen LogP contribution in [0.4, 0.5) is 5.69 Å². The normalized spacial score (nSPS) is 15.6. The lowest BCUT2D eigenvalue weighted by molar-refractivity contribution is 0.0779. The standard InChI is InChI=1S/C14H21N3O2/c1-16(9-10-17-7-2-3-8-17)14(19)11-5-4-6-12(15)13(11)18/h4-6,18H,2-3,7-10,15H2,1H3. The van der Waals surface area contributed by atoms with E-state index in [2.05, 4.69) is 4.90 Å². The number of phenols is 1. The highest BCUT2D eigenvalue weighted by Crippen LogP contribution is 2.25. The van der Waals surface area contributed by atoms with Crippen LogP contribution >= 0.6 is 0 Å². The maximum Gasteiger partial charge on any atom is 0.257 e. The van der Waals surface area contributed by atoms with Crippen molar-refractivity contribution in [3.05, 3.63) is 23.8 Å². The lowest BCUT2D eigenvalue weighted by atomic mass is 10.1. The number of amides is 1. The highest BCUT2D eigenvalue weighted by atomic mass is 16.3. The Bertz CT molecular complexity index is 456. The third kappa shape index (κ3) is 3.17. The third-order valence-electron chi connectivity index (χ3n) is 3.59. The van der Waals surface area contributed by atoms with Crippen LogP contribution in [0.1, 0.15) is 23.2 Å². The minimum atomic E-state index is -0.191. The number of nitrogens with two attached hydrogens (primary N) is 1. The van der Waals surface area contributed by atoms with Gasteiger partial charge in [0, 0.05) is 20.1 Å². The van der Waals surface area contributed by atoms with E-state index in [-0.39, 0.29) is 22.9 Å². The number of nitrogens with zero attached hydrogens (tertiary/aromatic N) is 2. The van der Waals surface area contributed by atoms with E-state index in [1.165, 1.54) is 12.8 Å². The number of carbonyl (C=O) groups excluding carboxylic acids is 1. The molecule has 104 valence electrons. The molecule has 2 rings (SSSR count). The van der Waals surface area contributed by atoms with E-state index >= 15 is 0 Å². The fraction of sp³-hybridized carbons (Fsp3) is 0.500. The highest BCUT2D eigenvalue weighted by molar-refractivity contribution is 5.98. The van der Waals surface area contributed by atoms with Gasteiger partial charge >= 0.3 is 0 Å².